The molecule has 0 spiro atoms. The summed E-state index contributed by atoms with van der Waals surface area (Å²) >= 11 is 3.40. The molecule has 0 bridgehead atoms. The molecular weight excluding hydrogens is 296 g/mol. The highest BCUT2D eigenvalue weighted by atomic mass is 79.9. The predicted molar refractivity (Wildman–Crippen MR) is 75.9 cm³/mol. The van der Waals surface area contributed by atoms with E-state index in [-0.39, 0.29) is 11.9 Å². The highest BCUT2D eigenvalue weighted by Gasteiger charge is 2.15. The van der Waals surface area contributed by atoms with Crippen LogP contribution in [0.4, 0.5) is 0 Å². The molecule has 18 heavy (non-hydrogen) atoms. The minimum atomic E-state index is -0.0441. The number of nitrogens with zero attached hydrogens (tertiary/aromatic N) is 1. The summed E-state index contributed by atoms with van der Waals surface area (Å²) in [5.74, 6) is 0.266. The molecule has 4 nitrogen and oxygen atoms in total. The van der Waals surface area contributed by atoms with Gasteiger partial charge in [-0.3, -0.25) is 4.79 Å². The number of nitrogens with one attached hydrogen (secondary N) is 1. The van der Waals surface area contributed by atoms with Gasteiger partial charge in [-0.05, 0) is 41.8 Å². The van der Waals surface area contributed by atoms with Crippen molar-refractivity contribution in [2.45, 2.75) is 26.8 Å². The molecule has 0 aliphatic rings. The van der Waals surface area contributed by atoms with Crippen LogP contribution in [0.15, 0.2) is 16.7 Å². The van der Waals surface area contributed by atoms with Gasteiger partial charge in [-0.2, -0.15) is 0 Å². The minimum Gasteiger partial charge on any atom is -0.384 e. The Labute approximate surface area is 117 Å². The number of amides is 1. The fraction of sp³-hybridized carbons (Fsp3) is 0.615. The van der Waals surface area contributed by atoms with E-state index in [1.165, 1.54) is 0 Å². The molecule has 0 radical (unpaired) electrons. The SMILES string of the molecule is COCC(C)CNC(=O)c1cc(Br)cn1C(C)C. The summed E-state index contributed by atoms with van der Waals surface area (Å²) in [5.41, 5.74) is 0.682. The molecule has 1 N–H and O–H groups in total. The van der Waals surface area contributed by atoms with Crippen LogP contribution in [0.1, 0.15) is 37.3 Å². The molecule has 1 amide bonds. The van der Waals surface area contributed by atoms with Crippen LogP contribution in [0.2, 0.25) is 0 Å². The van der Waals surface area contributed by atoms with Gasteiger partial charge in [0.05, 0.1) is 6.61 Å². The molecule has 0 saturated heterocycles. The van der Waals surface area contributed by atoms with E-state index in [0.29, 0.717) is 24.8 Å². The van der Waals surface area contributed by atoms with Crippen LogP contribution in [0.3, 0.4) is 0 Å². The lowest BCUT2D eigenvalue weighted by Crippen LogP contribution is -2.31. The van der Waals surface area contributed by atoms with Crippen LogP contribution < -0.4 is 5.32 Å². The quantitative estimate of drug-likeness (QED) is 0.877. The Morgan fingerprint density at radius 2 is 2.17 bits per heavy atom. The molecule has 0 aromatic carbocycles. The summed E-state index contributed by atoms with van der Waals surface area (Å²) in [6.07, 6.45) is 1.93. The first-order chi connectivity index (χ1) is 8.45. The minimum absolute atomic E-state index is 0.0441. The summed E-state index contributed by atoms with van der Waals surface area (Å²) in [7, 11) is 1.67. The number of halogens is 1. The van der Waals surface area contributed by atoms with Gasteiger partial charge in [0.15, 0.2) is 0 Å². The van der Waals surface area contributed by atoms with Crippen molar-refractivity contribution in [3.63, 3.8) is 0 Å². The molecule has 1 unspecified atom stereocenters. The third-order valence-electron chi connectivity index (χ3n) is 2.67. The van der Waals surface area contributed by atoms with Crippen molar-refractivity contribution in [3.05, 3.63) is 22.4 Å². The number of carbonyl (C=O) groups is 1. The summed E-state index contributed by atoms with van der Waals surface area (Å²) in [6.45, 7) is 7.41. The Bertz CT molecular complexity index is 402. The molecule has 0 aliphatic heterocycles. The van der Waals surface area contributed by atoms with E-state index >= 15 is 0 Å². The number of hydrogen-bond donors (Lipinski definition) is 1. The normalized spacial score (nSPS) is 12.8. The number of ether oxygens (including phenoxy) is 1. The van der Waals surface area contributed by atoms with Crippen molar-refractivity contribution < 1.29 is 9.53 Å². The summed E-state index contributed by atoms with van der Waals surface area (Å²) in [6, 6.07) is 2.10. The van der Waals surface area contributed by atoms with Gasteiger partial charge in [-0.1, -0.05) is 6.92 Å². The third kappa shape index (κ3) is 4.14. The Hall–Kier alpha value is -0.810. The largest absolute Gasteiger partial charge is 0.384 e. The van der Waals surface area contributed by atoms with E-state index in [9.17, 15) is 4.79 Å². The first-order valence-electron chi connectivity index (χ1n) is 6.10. The molecule has 102 valence electrons. The monoisotopic (exact) mass is 316 g/mol. The lowest BCUT2D eigenvalue weighted by Gasteiger charge is -2.14. The Balaban J connectivity index is 2.66. The average Bonchev–Trinajstić information content (AvgIpc) is 2.69. The predicted octanol–water partition coefficient (Wildman–Crippen LogP) is 2.84. The van der Waals surface area contributed by atoms with Crippen molar-refractivity contribution in [1.82, 2.24) is 9.88 Å². The van der Waals surface area contributed by atoms with Crippen LogP contribution >= 0.6 is 15.9 Å². The first-order valence-corrected chi connectivity index (χ1v) is 6.89. The molecule has 1 aromatic heterocycles. The average molecular weight is 317 g/mol. The second-order valence-electron chi connectivity index (χ2n) is 4.82. The van der Waals surface area contributed by atoms with E-state index in [1.54, 1.807) is 7.11 Å². The molecular formula is C13H21BrN2O2. The van der Waals surface area contributed by atoms with Gasteiger partial charge in [-0.15, -0.1) is 0 Å². The topological polar surface area (TPSA) is 43.3 Å². The zero-order valence-corrected chi connectivity index (χ0v) is 13.0. The molecule has 1 atom stereocenters. The first kappa shape index (κ1) is 15.2. The number of rotatable bonds is 6. The second-order valence-corrected chi connectivity index (χ2v) is 5.73. The van der Waals surface area contributed by atoms with Crippen molar-refractivity contribution >= 4 is 21.8 Å². The van der Waals surface area contributed by atoms with Crippen molar-refractivity contribution in [2.24, 2.45) is 5.92 Å². The maximum atomic E-state index is 12.1. The summed E-state index contributed by atoms with van der Waals surface area (Å²) < 4.78 is 7.92. The summed E-state index contributed by atoms with van der Waals surface area (Å²) in [4.78, 5) is 12.1. The van der Waals surface area contributed by atoms with Gasteiger partial charge in [0.25, 0.3) is 5.91 Å². The standard InChI is InChI=1S/C13H21BrN2O2/c1-9(2)16-7-11(14)5-12(16)13(17)15-6-10(3)8-18-4/h5,7,9-10H,6,8H2,1-4H3,(H,15,17). The Kier molecular flexibility index (Phi) is 5.88. The maximum Gasteiger partial charge on any atom is 0.267 e. The molecule has 0 saturated carbocycles. The summed E-state index contributed by atoms with van der Waals surface area (Å²) in [5, 5.41) is 2.93. The molecule has 0 aliphatic carbocycles. The van der Waals surface area contributed by atoms with E-state index in [0.717, 1.165) is 4.47 Å². The molecule has 0 fully saturated rings. The van der Waals surface area contributed by atoms with E-state index in [4.69, 9.17) is 4.74 Å². The van der Waals surface area contributed by atoms with Gasteiger partial charge in [-0.25, -0.2) is 0 Å². The van der Waals surface area contributed by atoms with Gasteiger partial charge < -0.3 is 14.6 Å². The molecule has 1 heterocycles. The van der Waals surface area contributed by atoms with Crippen molar-refractivity contribution in [2.75, 3.05) is 20.3 Å². The lowest BCUT2D eigenvalue weighted by atomic mass is 10.2. The van der Waals surface area contributed by atoms with Gasteiger partial charge in [0, 0.05) is 30.4 Å². The highest BCUT2D eigenvalue weighted by Crippen LogP contribution is 2.19. The maximum absolute atomic E-state index is 12.1. The van der Waals surface area contributed by atoms with Gasteiger partial charge >= 0.3 is 0 Å². The smallest absolute Gasteiger partial charge is 0.267 e. The highest BCUT2D eigenvalue weighted by molar-refractivity contribution is 9.10. The zero-order chi connectivity index (χ0) is 13.7. The lowest BCUT2D eigenvalue weighted by molar-refractivity contribution is 0.0923. The van der Waals surface area contributed by atoms with E-state index < -0.39 is 0 Å². The van der Waals surface area contributed by atoms with E-state index in [1.807, 2.05) is 23.8 Å². The fourth-order valence-corrected chi connectivity index (χ4v) is 2.19. The van der Waals surface area contributed by atoms with Crippen LogP contribution in [0.5, 0.6) is 0 Å². The van der Waals surface area contributed by atoms with Crippen LogP contribution in [-0.2, 0) is 4.74 Å². The molecule has 5 heteroatoms. The Morgan fingerprint density at radius 3 is 2.72 bits per heavy atom. The van der Waals surface area contributed by atoms with Gasteiger partial charge in [0.1, 0.15) is 5.69 Å². The van der Waals surface area contributed by atoms with E-state index in [2.05, 4.69) is 35.1 Å². The van der Waals surface area contributed by atoms with Gasteiger partial charge in [0.2, 0.25) is 0 Å². The number of hydrogen-bond acceptors (Lipinski definition) is 2. The zero-order valence-electron chi connectivity index (χ0n) is 11.4. The van der Waals surface area contributed by atoms with Crippen molar-refractivity contribution in [3.8, 4) is 0 Å². The fourth-order valence-electron chi connectivity index (χ4n) is 1.76. The Morgan fingerprint density at radius 1 is 1.50 bits per heavy atom. The van der Waals surface area contributed by atoms with Crippen LogP contribution in [-0.4, -0.2) is 30.7 Å². The molecule has 1 aromatic rings. The third-order valence-corrected chi connectivity index (χ3v) is 3.10. The molecule has 1 rings (SSSR count). The van der Waals surface area contributed by atoms with Crippen molar-refractivity contribution in [1.29, 1.82) is 0 Å². The number of aromatic nitrogens is 1. The van der Waals surface area contributed by atoms with Crippen LogP contribution in [0.25, 0.3) is 0 Å². The number of methoxy groups -OCH3 is 1. The van der Waals surface area contributed by atoms with Crippen LogP contribution in [0, 0.1) is 5.92 Å². The second kappa shape index (κ2) is 6.95. The number of carbonyl (C=O) groups excluding carboxylic acids is 1.